The summed E-state index contributed by atoms with van der Waals surface area (Å²) in [5.74, 6) is -0.919. The summed E-state index contributed by atoms with van der Waals surface area (Å²) in [4.78, 5) is 12.9. The smallest absolute Gasteiger partial charge is 0.222 e. The van der Waals surface area contributed by atoms with Crippen molar-refractivity contribution in [3.8, 4) is 0 Å². The second kappa shape index (κ2) is 4.94. The molecule has 1 amide bonds. The van der Waals surface area contributed by atoms with Gasteiger partial charge in [0.15, 0.2) is 0 Å². The lowest BCUT2D eigenvalue weighted by atomic mass is 10.1. The summed E-state index contributed by atoms with van der Waals surface area (Å²) in [6, 6.07) is 4.67. The number of hydrogen-bond donors (Lipinski definition) is 2. The van der Waals surface area contributed by atoms with E-state index in [2.05, 4.69) is 0 Å². The van der Waals surface area contributed by atoms with Crippen LogP contribution in [0.3, 0.4) is 0 Å². The van der Waals surface area contributed by atoms with E-state index >= 15 is 0 Å². The highest BCUT2D eigenvalue weighted by Gasteiger charge is 2.28. The van der Waals surface area contributed by atoms with Gasteiger partial charge in [0.05, 0.1) is 17.7 Å². The number of anilines is 1. The molecule has 0 aromatic heterocycles. The quantitative estimate of drug-likeness (QED) is 0.849. The Morgan fingerprint density at radius 2 is 2.33 bits per heavy atom. The molecule has 0 aliphatic carbocycles. The minimum atomic E-state index is -0.689. The van der Waals surface area contributed by atoms with Crippen LogP contribution in [0.5, 0.6) is 0 Å². The molecule has 18 heavy (non-hydrogen) atoms. The summed E-state index contributed by atoms with van der Waals surface area (Å²) >= 11 is 0. The summed E-state index contributed by atoms with van der Waals surface area (Å²) in [5.41, 5.74) is 6.25. The van der Waals surface area contributed by atoms with E-state index in [9.17, 15) is 14.3 Å². The number of amides is 1. The van der Waals surface area contributed by atoms with Crippen molar-refractivity contribution in [3.63, 3.8) is 0 Å². The Balaban J connectivity index is 2.17. The van der Waals surface area contributed by atoms with Crippen molar-refractivity contribution >= 4 is 11.6 Å². The number of carbonyl (C=O) groups is 1. The minimum Gasteiger partial charge on any atom is -0.389 e. The summed E-state index contributed by atoms with van der Waals surface area (Å²) in [7, 11) is 0. The van der Waals surface area contributed by atoms with Gasteiger partial charge in [0.2, 0.25) is 5.91 Å². The van der Waals surface area contributed by atoms with E-state index in [0.29, 0.717) is 30.8 Å². The average Bonchev–Trinajstić information content (AvgIpc) is 2.78. The van der Waals surface area contributed by atoms with Crippen LogP contribution in [0.4, 0.5) is 10.1 Å². The predicted molar refractivity (Wildman–Crippen MR) is 66.5 cm³/mol. The van der Waals surface area contributed by atoms with E-state index in [-0.39, 0.29) is 17.6 Å². The topological polar surface area (TPSA) is 66.6 Å². The van der Waals surface area contributed by atoms with Gasteiger partial charge < -0.3 is 15.7 Å². The molecule has 1 unspecified atom stereocenters. The van der Waals surface area contributed by atoms with Gasteiger partial charge in [-0.05, 0) is 31.0 Å². The molecule has 1 fully saturated rings. The van der Waals surface area contributed by atoms with Gasteiger partial charge in [0.1, 0.15) is 5.82 Å². The van der Waals surface area contributed by atoms with Gasteiger partial charge in [0.25, 0.3) is 0 Å². The maximum absolute atomic E-state index is 13.9. The van der Waals surface area contributed by atoms with Crippen LogP contribution in [0.15, 0.2) is 18.2 Å². The number of nitrogens with two attached hydrogens (primary N) is 1. The van der Waals surface area contributed by atoms with Gasteiger partial charge in [0, 0.05) is 13.1 Å². The molecule has 0 saturated carbocycles. The van der Waals surface area contributed by atoms with E-state index in [4.69, 9.17) is 5.73 Å². The first-order valence-electron chi connectivity index (χ1n) is 6.01. The molecule has 2 rings (SSSR count). The lowest BCUT2D eigenvalue weighted by Gasteiger charge is -2.19. The number of hydrogen-bond acceptors (Lipinski definition) is 3. The fourth-order valence-electron chi connectivity index (χ4n) is 2.25. The largest absolute Gasteiger partial charge is 0.389 e. The zero-order valence-corrected chi connectivity index (χ0v) is 10.3. The lowest BCUT2D eigenvalue weighted by Crippen LogP contribution is -2.27. The van der Waals surface area contributed by atoms with Crippen molar-refractivity contribution in [2.45, 2.75) is 19.4 Å². The Labute approximate surface area is 105 Å². The number of halogens is 1. The Morgan fingerprint density at radius 3 is 2.83 bits per heavy atom. The van der Waals surface area contributed by atoms with Crippen LogP contribution in [0.25, 0.3) is 0 Å². The fourth-order valence-corrected chi connectivity index (χ4v) is 2.25. The molecule has 2 atom stereocenters. The highest BCUT2D eigenvalue weighted by molar-refractivity contribution is 5.78. The average molecular weight is 252 g/mol. The van der Waals surface area contributed by atoms with Crippen LogP contribution in [0.2, 0.25) is 0 Å². The van der Waals surface area contributed by atoms with Crippen LogP contribution in [0.1, 0.15) is 25.0 Å². The first-order chi connectivity index (χ1) is 8.49. The molecule has 1 aliphatic rings. The van der Waals surface area contributed by atoms with Crippen LogP contribution in [0, 0.1) is 11.7 Å². The van der Waals surface area contributed by atoms with Crippen molar-refractivity contribution < 1.29 is 14.3 Å². The summed E-state index contributed by atoms with van der Waals surface area (Å²) < 4.78 is 13.9. The molecule has 5 heteroatoms. The number of carbonyl (C=O) groups excluding carboxylic acids is 1. The van der Waals surface area contributed by atoms with Gasteiger partial charge >= 0.3 is 0 Å². The molecule has 1 aromatic carbocycles. The van der Waals surface area contributed by atoms with Crippen molar-refractivity contribution in [3.05, 3.63) is 29.6 Å². The fraction of sp³-hybridized carbons (Fsp3) is 0.462. The molecule has 4 nitrogen and oxygen atoms in total. The van der Waals surface area contributed by atoms with E-state index in [1.54, 1.807) is 19.1 Å². The van der Waals surface area contributed by atoms with Crippen molar-refractivity contribution in [1.29, 1.82) is 0 Å². The van der Waals surface area contributed by atoms with E-state index in [0.717, 1.165) is 0 Å². The SMILES string of the molecule is C[C@H](O)c1ccc(N2CCC(C(N)=O)C2)c(F)c1. The number of primary amides is 1. The Kier molecular flexibility index (Phi) is 3.52. The Morgan fingerprint density at radius 1 is 1.61 bits per heavy atom. The number of aliphatic hydroxyl groups excluding tert-OH is 1. The lowest BCUT2D eigenvalue weighted by molar-refractivity contribution is -0.121. The van der Waals surface area contributed by atoms with Crippen molar-refractivity contribution in [2.24, 2.45) is 11.7 Å². The van der Waals surface area contributed by atoms with Gasteiger partial charge in [-0.2, -0.15) is 0 Å². The monoisotopic (exact) mass is 252 g/mol. The molecular weight excluding hydrogens is 235 g/mol. The minimum absolute atomic E-state index is 0.208. The van der Waals surface area contributed by atoms with Crippen LogP contribution >= 0.6 is 0 Å². The number of aliphatic hydroxyl groups is 1. The normalized spacial score (nSPS) is 21.1. The van der Waals surface area contributed by atoms with E-state index < -0.39 is 6.10 Å². The van der Waals surface area contributed by atoms with Crippen LogP contribution in [-0.2, 0) is 4.79 Å². The number of nitrogens with zero attached hydrogens (tertiary/aromatic N) is 1. The Bertz CT molecular complexity index is 462. The second-order valence-electron chi connectivity index (χ2n) is 4.72. The molecule has 1 saturated heterocycles. The molecule has 0 bridgehead atoms. The summed E-state index contributed by atoms with van der Waals surface area (Å²) in [5, 5.41) is 9.38. The molecule has 0 radical (unpaired) electrons. The highest BCUT2D eigenvalue weighted by atomic mass is 19.1. The van der Waals surface area contributed by atoms with Gasteiger partial charge in [-0.15, -0.1) is 0 Å². The molecule has 1 aliphatic heterocycles. The highest BCUT2D eigenvalue weighted by Crippen LogP contribution is 2.28. The predicted octanol–water partition coefficient (Wildman–Crippen LogP) is 1.19. The van der Waals surface area contributed by atoms with Crippen molar-refractivity contribution in [1.82, 2.24) is 0 Å². The van der Waals surface area contributed by atoms with Gasteiger partial charge in [-0.3, -0.25) is 4.79 Å². The second-order valence-corrected chi connectivity index (χ2v) is 4.72. The molecule has 3 N–H and O–H groups in total. The Hall–Kier alpha value is -1.62. The summed E-state index contributed by atoms with van der Waals surface area (Å²) in [6.45, 7) is 2.67. The maximum Gasteiger partial charge on any atom is 0.222 e. The molecule has 1 aromatic rings. The molecule has 1 heterocycles. The number of benzene rings is 1. The third-order valence-corrected chi connectivity index (χ3v) is 3.39. The zero-order chi connectivity index (χ0) is 13.3. The molecular formula is C13H17FN2O2. The third-order valence-electron chi connectivity index (χ3n) is 3.39. The maximum atomic E-state index is 13.9. The molecule has 98 valence electrons. The molecule has 0 spiro atoms. The first-order valence-corrected chi connectivity index (χ1v) is 6.01. The number of rotatable bonds is 3. The standard InChI is InChI=1S/C13H17FN2O2/c1-8(17)9-2-3-12(11(14)6-9)16-5-4-10(7-16)13(15)18/h2-3,6,8,10,17H,4-5,7H2,1H3,(H2,15,18)/t8-,10?/m0/s1. The zero-order valence-electron chi connectivity index (χ0n) is 10.3. The van der Waals surface area contributed by atoms with Crippen LogP contribution < -0.4 is 10.6 Å². The van der Waals surface area contributed by atoms with E-state index in [1.165, 1.54) is 6.07 Å². The summed E-state index contributed by atoms with van der Waals surface area (Å²) in [6.07, 6.45) is -0.0297. The first kappa shape index (κ1) is 12.8. The van der Waals surface area contributed by atoms with Gasteiger partial charge in [-0.25, -0.2) is 4.39 Å². The third kappa shape index (κ3) is 2.46. The van der Waals surface area contributed by atoms with E-state index in [1.807, 2.05) is 4.90 Å². The van der Waals surface area contributed by atoms with Crippen LogP contribution in [-0.4, -0.2) is 24.1 Å². The van der Waals surface area contributed by atoms with Gasteiger partial charge in [-0.1, -0.05) is 6.07 Å². The van der Waals surface area contributed by atoms with Crippen molar-refractivity contribution in [2.75, 3.05) is 18.0 Å².